The molecule has 0 fully saturated rings. The van der Waals surface area contributed by atoms with Crippen LogP contribution in [0.4, 0.5) is 11.4 Å². The number of anilines is 1. The normalized spacial score (nSPS) is 19.0. The minimum atomic E-state index is -0.500. The second-order valence-corrected chi connectivity index (χ2v) is 5.00. The summed E-state index contributed by atoms with van der Waals surface area (Å²) in [4.78, 5) is 24.5. The number of nitro benzene ring substituents is 1. The van der Waals surface area contributed by atoms with Crippen molar-refractivity contribution >= 4 is 17.3 Å². The molecule has 6 nitrogen and oxygen atoms in total. The van der Waals surface area contributed by atoms with E-state index in [1.807, 2.05) is 24.3 Å². The van der Waals surface area contributed by atoms with E-state index in [4.69, 9.17) is 4.74 Å². The highest BCUT2D eigenvalue weighted by atomic mass is 16.6. The minimum absolute atomic E-state index is 0.0877. The Morgan fingerprint density at radius 2 is 2.05 bits per heavy atom. The number of amides is 1. The standard InChI is InChI=1S/C15H10N2O4/c18-14-12-7-10(17(19)20)5-6-11(12)15-16(14)13-4-2-1-3-9(13)8-21-15/h1-7,15H,8H2. The summed E-state index contributed by atoms with van der Waals surface area (Å²) in [6.07, 6.45) is -0.497. The quantitative estimate of drug-likeness (QED) is 0.595. The maximum atomic E-state index is 12.6. The molecule has 0 N–H and O–H groups in total. The summed E-state index contributed by atoms with van der Waals surface area (Å²) >= 11 is 0. The zero-order valence-electron chi connectivity index (χ0n) is 10.9. The molecule has 1 atom stereocenters. The number of fused-ring (bicyclic) bond motifs is 5. The summed E-state index contributed by atoms with van der Waals surface area (Å²) < 4.78 is 5.76. The van der Waals surface area contributed by atoms with Crippen molar-refractivity contribution in [3.05, 3.63) is 69.3 Å². The Labute approximate surface area is 119 Å². The average Bonchev–Trinajstić information content (AvgIpc) is 2.80. The predicted molar refractivity (Wildman–Crippen MR) is 73.9 cm³/mol. The number of carbonyl (C=O) groups excluding carboxylic acids is 1. The van der Waals surface area contributed by atoms with Crippen molar-refractivity contribution in [1.82, 2.24) is 0 Å². The van der Waals surface area contributed by atoms with E-state index in [1.165, 1.54) is 12.1 Å². The zero-order chi connectivity index (χ0) is 14.6. The van der Waals surface area contributed by atoms with Crippen LogP contribution in [0.15, 0.2) is 42.5 Å². The highest BCUT2D eigenvalue weighted by Gasteiger charge is 2.42. The largest absolute Gasteiger partial charge is 0.349 e. The average molecular weight is 282 g/mol. The lowest BCUT2D eigenvalue weighted by Crippen LogP contribution is -2.33. The van der Waals surface area contributed by atoms with E-state index in [0.717, 1.165) is 11.3 Å². The van der Waals surface area contributed by atoms with Crippen molar-refractivity contribution in [3.8, 4) is 0 Å². The van der Waals surface area contributed by atoms with Gasteiger partial charge in [0.2, 0.25) is 0 Å². The molecule has 2 aliphatic heterocycles. The number of benzene rings is 2. The molecule has 6 heteroatoms. The van der Waals surface area contributed by atoms with E-state index < -0.39 is 11.2 Å². The van der Waals surface area contributed by atoms with E-state index in [9.17, 15) is 14.9 Å². The number of rotatable bonds is 1. The van der Waals surface area contributed by atoms with Crippen molar-refractivity contribution in [1.29, 1.82) is 0 Å². The number of carbonyl (C=O) groups is 1. The lowest BCUT2D eigenvalue weighted by molar-refractivity contribution is -0.384. The van der Waals surface area contributed by atoms with Gasteiger partial charge in [0.15, 0.2) is 6.23 Å². The fraction of sp³-hybridized carbons (Fsp3) is 0.133. The summed E-state index contributed by atoms with van der Waals surface area (Å²) in [6.45, 7) is 0.418. The van der Waals surface area contributed by atoms with E-state index in [0.29, 0.717) is 17.7 Å². The molecule has 2 aromatic rings. The summed E-state index contributed by atoms with van der Waals surface area (Å²) in [5, 5.41) is 10.9. The van der Waals surface area contributed by atoms with Crippen LogP contribution in [0.2, 0.25) is 0 Å². The van der Waals surface area contributed by atoms with Gasteiger partial charge in [-0.25, -0.2) is 0 Å². The van der Waals surface area contributed by atoms with Gasteiger partial charge in [-0.3, -0.25) is 19.8 Å². The van der Waals surface area contributed by atoms with Gasteiger partial charge in [-0.05, 0) is 12.1 Å². The second-order valence-electron chi connectivity index (χ2n) is 5.00. The van der Waals surface area contributed by atoms with Crippen LogP contribution in [0.25, 0.3) is 0 Å². The molecular weight excluding hydrogens is 272 g/mol. The first kappa shape index (κ1) is 12.0. The predicted octanol–water partition coefficient (Wildman–Crippen LogP) is 2.78. The van der Waals surface area contributed by atoms with Crippen molar-refractivity contribution in [3.63, 3.8) is 0 Å². The molecule has 21 heavy (non-hydrogen) atoms. The molecule has 0 radical (unpaired) electrons. The Hall–Kier alpha value is -2.73. The van der Waals surface area contributed by atoms with Gasteiger partial charge in [-0.15, -0.1) is 0 Å². The summed E-state index contributed by atoms with van der Waals surface area (Å²) in [6, 6.07) is 11.8. The first-order chi connectivity index (χ1) is 10.2. The highest BCUT2D eigenvalue weighted by Crippen LogP contribution is 2.44. The number of hydrogen-bond acceptors (Lipinski definition) is 4. The van der Waals surface area contributed by atoms with Gasteiger partial charge in [0, 0.05) is 23.3 Å². The van der Waals surface area contributed by atoms with Crippen molar-refractivity contribution < 1.29 is 14.5 Å². The third kappa shape index (κ3) is 1.59. The molecule has 4 rings (SSSR count). The van der Waals surface area contributed by atoms with Crippen LogP contribution in [0.5, 0.6) is 0 Å². The third-order valence-corrected chi connectivity index (χ3v) is 3.85. The molecular formula is C15H10N2O4. The maximum Gasteiger partial charge on any atom is 0.270 e. The van der Waals surface area contributed by atoms with E-state index >= 15 is 0 Å². The van der Waals surface area contributed by atoms with Gasteiger partial charge in [-0.2, -0.15) is 0 Å². The second kappa shape index (κ2) is 4.13. The van der Waals surface area contributed by atoms with Crippen LogP contribution in [0, 0.1) is 10.1 Å². The van der Waals surface area contributed by atoms with Gasteiger partial charge < -0.3 is 4.74 Å². The van der Waals surface area contributed by atoms with Gasteiger partial charge in [-0.1, -0.05) is 18.2 Å². The number of hydrogen-bond donors (Lipinski definition) is 0. The fourth-order valence-electron chi connectivity index (χ4n) is 2.87. The van der Waals surface area contributed by atoms with Crippen molar-refractivity contribution in [2.75, 3.05) is 4.90 Å². The van der Waals surface area contributed by atoms with Gasteiger partial charge in [0.05, 0.1) is 22.8 Å². The Balaban J connectivity index is 1.87. The van der Waals surface area contributed by atoms with E-state index in [2.05, 4.69) is 0 Å². The van der Waals surface area contributed by atoms with Crippen LogP contribution in [-0.4, -0.2) is 10.8 Å². The smallest absolute Gasteiger partial charge is 0.270 e. The topological polar surface area (TPSA) is 72.7 Å². The minimum Gasteiger partial charge on any atom is -0.349 e. The number of non-ortho nitro benzene ring substituents is 1. The fourth-order valence-corrected chi connectivity index (χ4v) is 2.87. The number of nitrogens with zero attached hydrogens (tertiary/aromatic N) is 2. The zero-order valence-corrected chi connectivity index (χ0v) is 10.9. The molecule has 0 saturated heterocycles. The van der Waals surface area contributed by atoms with E-state index in [1.54, 1.807) is 11.0 Å². The molecule has 104 valence electrons. The number of ether oxygens (including phenoxy) is 1. The van der Waals surface area contributed by atoms with Crippen LogP contribution in [0.3, 0.4) is 0 Å². The number of nitro groups is 1. The van der Waals surface area contributed by atoms with Crippen LogP contribution in [-0.2, 0) is 11.3 Å². The lowest BCUT2D eigenvalue weighted by atomic mass is 10.1. The summed E-state index contributed by atoms with van der Waals surface area (Å²) in [5.74, 6) is -0.258. The Morgan fingerprint density at radius 1 is 1.24 bits per heavy atom. The molecule has 0 saturated carbocycles. The van der Waals surface area contributed by atoms with Crippen LogP contribution in [0.1, 0.15) is 27.7 Å². The van der Waals surface area contributed by atoms with E-state index in [-0.39, 0.29) is 11.6 Å². The van der Waals surface area contributed by atoms with Crippen LogP contribution < -0.4 is 4.90 Å². The molecule has 0 aliphatic carbocycles. The van der Waals surface area contributed by atoms with Crippen molar-refractivity contribution in [2.45, 2.75) is 12.8 Å². The third-order valence-electron chi connectivity index (χ3n) is 3.85. The van der Waals surface area contributed by atoms with Gasteiger partial charge >= 0.3 is 0 Å². The van der Waals surface area contributed by atoms with Gasteiger partial charge in [0.25, 0.3) is 11.6 Å². The SMILES string of the molecule is O=C1c2cc([N+](=O)[O-])ccc2C2OCc3ccccc3N12. The molecule has 2 aliphatic rings. The first-order valence-corrected chi connectivity index (χ1v) is 6.48. The molecule has 2 aromatic carbocycles. The van der Waals surface area contributed by atoms with Gasteiger partial charge in [0.1, 0.15) is 0 Å². The molecule has 1 amide bonds. The molecule has 0 spiro atoms. The number of para-hydroxylation sites is 1. The Kier molecular flexibility index (Phi) is 2.37. The van der Waals surface area contributed by atoms with Crippen molar-refractivity contribution in [2.24, 2.45) is 0 Å². The summed E-state index contributed by atoms with van der Waals surface area (Å²) in [5.41, 5.74) is 2.67. The first-order valence-electron chi connectivity index (χ1n) is 6.48. The van der Waals surface area contributed by atoms with Crippen LogP contribution >= 0.6 is 0 Å². The Bertz CT molecular complexity index is 787. The monoisotopic (exact) mass is 282 g/mol. The summed E-state index contributed by atoms with van der Waals surface area (Å²) in [7, 11) is 0. The maximum absolute atomic E-state index is 12.6. The molecule has 0 aromatic heterocycles. The lowest BCUT2D eigenvalue weighted by Gasteiger charge is -2.32. The molecule has 0 bridgehead atoms. The molecule has 1 unspecified atom stereocenters. The Morgan fingerprint density at radius 3 is 2.86 bits per heavy atom. The molecule has 2 heterocycles. The highest BCUT2D eigenvalue weighted by molar-refractivity contribution is 6.11.